The van der Waals surface area contributed by atoms with Gasteiger partial charge >= 0.3 is 0 Å². The van der Waals surface area contributed by atoms with E-state index >= 15 is 0 Å². The van der Waals surface area contributed by atoms with Gasteiger partial charge in [0, 0.05) is 19.6 Å². The number of carbonyl (C=O) groups excluding carboxylic acids is 2. The zero-order valence-corrected chi connectivity index (χ0v) is 12.0. The molecule has 0 aliphatic rings. The van der Waals surface area contributed by atoms with Crippen molar-refractivity contribution >= 4 is 11.8 Å². The summed E-state index contributed by atoms with van der Waals surface area (Å²) in [6, 6.07) is 0. The molecule has 0 unspecified atom stereocenters. The van der Waals surface area contributed by atoms with Gasteiger partial charge in [-0.05, 0) is 6.92 Å². The molecule has 0 fully saturated rings. The Morgan fingerprint density at radius 3 is 2.10 bits per heavy atom. The fourth-order valence-electron chi connectivity index (χ4n) is 1.20. The van der Waals surface area contributed by atoms with Gasteiger partial charge in [-0.3, -0.25) is 9.59 Å². The van der Waals surface area contributed by atoms with Crippen LogP contribution in [0.1, 0.15) is 6.92 Å². The highest BCUT2D eigenvalue weighted by atomic mass is 16.5. The minimum atomic E-state index is -0.280. The summed E-state index contributed by atoms with van der Waals surface area (Å²) >= 11 is 0. The van der Waals surface area contributed by atoms with Crippen LogP contribution in [-0.4, -0.2) is 71.1 Å². The molecule has 0 rings (SSSR count). The maximum absolute atomic E-state index is 11.3. The molecule has 4 N–H and O–H groups in total. The van der Waals surface area contributed by atoms with Crippen LogP contribution in [0.25, 0.3) is 0 Å². The lowest BCUT2D eigenvalue weighted by Gasteiger charge is -2.07. The first-order valence-electron chi connectivity index (χ1n) is 6.67. The number of amides is 2. The summed E-state index contributed by atoms with van der Waals surface area (Å²) < 4.78 is 15.3. The number of nitrogens with one attached hydrogen (secondary N) is 2. The molecule has 0 aliphatic carbocycles. The van der Waals surface area contributed by atoms with Gasteiger partial charge in [-0.1, -0.05) is 0 Å². The van der Waals surface area contributed by atoms with Crippen molar-refractivity contribution in [3.8, 4) is 0 Å². The van der Waals surface area contributed by atoms with Crippen molar-refractivity contribution in [2.45, 2.75) is 6.92 Å². The van der Waals surface area contributed by atoms with Crippen LogP contribution in [0.5, 0.6) is 0 Å². The molecule has 0 atom stereocenters. The largest absolute Gasteiger partial charge is 0.378 e. The normalized spacial score (nSPS) is 10.3. The quantitative estimate of drug-likeness (QED) is 0.347. The number of nitrogens with two attached hydrogens (primary N) is 1. The van der Waals surface area contributed by atoms with Crippen molar-refractivity contribution in [3.63, 3.8) is 0 Å². The molecule has 0 bridgehead atoms. The van der Waals surface area contributed by atoms with E-state index in [1.165, 1.54) is 0 Å². The second-order valence-corrected chi connectivity index (χ2v) is 3.81. The molecule has 0 aromatic carbocycles. The van der Waals surface area contributed by atoms with Gasteiger partial charge in [0.1, 0.15) is 13.2 Å². The van der Waals surface area contributed by atoms with E-state index in [0.29, 0.717) is 46.1 Å². The topological polar surface area (TPSA) is 112 Å². The third-order valence-corrected chi connectivity index (χ3v) is 2.04. The van der Waals surface area contributed by atoms with Crippen molar-refractivity contribution in [2.24, 2.45) is 5.73 Å². The van der Waals surface area contributed by atoms with E-state index in [2.05, 4.69) is 10.6 Å². The Balaban J connectivity index is 3.26. The van der Waals surface area contributed by atoms with Crippen LogP contribution in [0.15, 0.2) is 0 Å². The van der Waals surface area contributed by atoms with Gasteiger partial charge in [0.2, 0.25) is 11.8 Å². The first-order chi connectivity index (χ1) is 9.70. The van der Waals surface area contributed by atoms with Gasteiger partial charge < -0.3 is 30.6 Å². The molecule has 2 amide bonds. The Bertz CT molecular complexity index is 263. The maximum atomic E-state index is 11.3. The smallest absolute Gasteiger partial charge is 0.246 e. The van der Waals surface area contributed by atoms with E-state index in [1.54, 1.807) is 0 Å². The average Bonchev–Trinajstić information content (AvgIpc) is 2.42. The lowest BCUT2D eigenvalue weighted by molar-refractivity contribution is -0.131. The molecule has 0 spiro atoms. The van der Waals surface area contributed by atoms with Crippen LogP contribution < -0.4 is 16.4 Å². The lowest BCUT2D eigenvalue weighted by atomic mass is 10.5. The molecule has 118 valence electrons. The van der Waals surface area contributed by atoms with E-state index in [9.17, 15) is 9.59 Å². The Morgan fingerprint density at radius 2 is 1.50 bits per heavy atom. The third-order valence-electron chi connectivity index (χ3n) is 2.04. The second kappa shape index (κ2) is 14.2. The predicted octanol–water partition coefficient (Wildman–Crippen LogP) is -1.75. The Labute approximate surface area is 119 Å². The minimum absolute atomic E-state index is 0.115. The molecule has 8 nitrogen and oxygen atoms in total. The zero-order valence-electron chi connectivity index (χ0n) is 12.0. The summed E-state index contributed by atoms with van der Waals surface area (Å²) in [5, 5.41) is 5.17. The lowest BCUT2D eigenvalue weighted by Crippen LogP contribution is -2.33. The van der Waals surface area contributed by atoms with Crippen LogP contribution in [-0.2, 0) is 23.8 Å². The number of hydrogen-bond acceptors (Lipinski definition) is 6. The first-order valence-corrected chi connectivity index (χ1v) is 6.67. The molecular weight excluding hydrogens is 266 g/mol. The molecule has 0 heterocycles. The molecule has 20 heavy (non-hydrogen) atoms. The molecule has 8 heteroatoms. The summed E-state index contributed by atoms with van der Waals surface area (Å²) in [6.07, 6.45) is 0. The molecule has 0 radical (unpaired) electrons. The van der Waals surface area contributed by atoms with Gasteiger partial charge in [0.05, 0.1) is 26.4 Å². The molecule has 0 aliphatic heterocycles. The number of hydrogen-bond donors (Lipinski definition) is 3. The van der Waals surface area contributed by atoms with E-state index in [0.717, 1.165) is 0 Å². The minimum Gasteiger partial charge on any atom is -0.378 e. The van der Waals surface area contributed by atoms with Crippen molar-refractivity contribution in [1.29, 1.82) is 0 Å². The number of ether oxygens (including phenoxy) is 3. The van der Waals surface area contributed by atoms with E-state index < -0.39 is 0 Å². The van der Waals surface area contributed by atoms with Crippen LogP contribution in [0, 0.1) is 0 Å². The number of likely N-dealkylation sites (N-methyl/N-ethyl adjacent to an activating group) is 1. The third kappa shape index (κ3) is 13.2. The van der Waals surface area contributed by atoms with Crippen molar-refractivity contribution in [2.75, 3.05) is 59.3 Å². The molecular formula is C12H25N3O5. The van der Waals surface area contributed by atoms with Gasteiger partial charge in [0.25, 0.3) is 0 Å². The van der Waals surface area contributed by atoms with E-state index in [4.69, 9.17) is 19.9 Å². The highest BCUT2D eigenvalue weighted by Gasteiger charge is 2.03. The van der Waals surface area contributed by atoms with Crippen LogP contribution in [0.2, 0.25) is 0 Å². The van der Waals surface area contributed by atoms with Gasteiger partial charge in [0.15, 0.2) is 0 Å². The van der Waals surface area contributed by atoms with Gasteiger partial charge in [-0.2, -0.15) is 0 Å². The fourth-order valence-corrected chi connectivity index (χ4v) is 1.20. The maximum Gasteiger partial charge on any atom is 0.246 e. The summed E-state index contributed by atoms with van der Waals surface area (Å²) in [5.74, 6) is -0.515. The van der Waals surface area contributed by atoms with Crippen molar-refractivity contribution < 1.29 is 23.8 Å². The Kier molecular flexibility index (Phi) is 13.3. The molecule has 0 saturated heterocycles. The Hall–Kier alpha value is -1.22. The Morgan fingerprint density at radius 1 is 0.900 bits per heavy atom. The summed E-state index contributed by atoms with van der Waals surface area (Å²) in [6.45, 7) is 4.84. The highest BCUT2D eigenvalue weighted by molar-refractivity contribution is 5.79. The van der Waals surface area contributed by atoms with Crippen LogP contribution in [0.4, 0.5) is 0 Å². The standard InChI is InChI=1S/C12H25N3O5/c1-2-14-11(16)9-20-10-12(17)15-4-6-19-8-7-18-5-3-13/h2-10,13H2,1H3,(H,14,16)(H,15,17). The second-order valence-electron chi connectivity index (χ2n) is 3.81. The fraction of sp³-hybridized carbons (Fsp3) is 0.833. The monoisotopic (exact) mass is 291 g/mol. The average molecular weight is 291 g/mol. The zero-order chi connectivity index (χ0) is 15.1. The van der Waals surface area contributed by atoms with Gasteiger partial charge in [-0.15, -0.1) is 0 Å². The SMILES string of the molecule is CCNC(=O)COCC(=O)NCCOCCOCCN. The number of rotatable bonds is 13. The summed E-state index contributed by atoms with van der Waals surface area (Å²) in [4.78, 5) is 22.3. The molecule has 0 saturated carbocycles. The first kappa shape index (κ1) is 18.8. The van der Waals surface area contributed by atoms with E-state index in [1.807, 2.05) is 6.92 Å². The molecule has 0 aromatic rings. The highest BCUT2D eigenvalue weighted by Crippen LogP contribution is 1.79. The predicted molar refractivity (Wildman–Crippen MR) is 73.2 cm³/mol. The van der Waals surface area contributed by atoms with Crippen LogP contribution >= 0.6 is 0 Å². The van der Waals surface area contributed by atoms with E-state index in [-0.39, 0.29) is 25.0 Å². The number of carbonyl (C=O) groups is 2. The van der Waals surface area contributed by atoms with Gasteiger partial charge in [-0.25, -0.2) is 0 Å². The van der Waals surface area contributed by atoms with Crippen LogP contribution in [0.3, 0.4) is 0 Å². The van der Waals surface area contributed by atoms with Crippen molar-refractivity contribution in [1.82, 2.24) is 10.6 Å². The van der Waals surface area contributed by atoms with Crippen molar-refractivity contribution in [3.05, 3.63) is 0 Å². The summed E-state index contributed by atoms with van der Waals surface area (Å²) in [7, 11) is 0. The molecule has 0 aromatic heterocycles. The summed E-state index contributed by atoms with van der Waals surface area (Å²) in [5.41, 5.74) is 5.25.